The Balaban J connectivity index is 0.000000784. The molecule has 6 rings (SSSR count). The number of fused-ring (bicyclic) bond motifs is 2. The van der Waals surface area contributed by atoms with E-state index in [1.165, 1.54) is 26.2 Å². The lowest BCUT2D eigenvalue weighted by molar-refractivity contribution is 0.379. The monoisotopic (exact) mass is 952 g/mol. The van der Waals surface area contributed by atoms with Gasteiger partial charge in [0.15, 0.2) is 22.9 Å². The molecule has 30 heteroatoms. The molecule has 0 amide bonds. The van der Waals surface area contributed by atoms with E-state index in [1.807, 2.05) is 0 Å². The Hall–Kier alpha value is -6.38. The third kappa shape index (κ3) is 13.8. The number of benzene rings is 4. The van der Waals surface area contributed by atoms with E-state index >= 15 is 0 Å². The lowest BCUT2D eigenvalue weighted by Crippen LogP contribution is -2.10. The second-order valence-electron chi connectivity index (χ2n) is 12.1. The number of aryl methyl sites for hydroxylation is 2. The van der Waals surface area contributed by atoms with Crippen molar-refractivity contribution in [3.8, 4) is 17.2 Å². The number of nitrogens with zero attached hydrogens (tertiary/aromatic N) is 10. The second-order valence-corrected chi connectivity index (χ2v) is 16.3. The van der Waals surface area contributed by atoms with Gasteiger partial charge in [-0.2, -0.15) is 60.5 Å². The van der Waals surface area contributed by atoms with Gasteiger partial charge in [0.25, 0.3) is 20.2 Å². The van der Waals surface area contributed by atoms with Crippen LogP contribution in [0.1, 0.15) is 23.3 Å². The highest BCUT2D eigenvalue weighted by molar-refractivity contribution is 7.86. The number of anilines is 4. The average Bonchev–Trinajstić information content (AvgIpc) is 3.16. The van der Waals surface area contributed by atoms with Crippen molar-refractivity contribution in [1.29, 1.82) is 0 Å². The van der Waals surface area contributed by atoms with Gasteiger partial charge in [0.2, 0.25) is 11.9 Å². The summed E-state index contributed by atoms with van der Waals surface area (Å²) in [5.41, 5.74) is 0.0579. The van der Waals surface area contributed by atoms with E-state index in [4.69, 9.17) is 13.3 Å². The average molecular weight is 953 g/mol. The van der Waals surface area contributed by atoms with Crippen molar-refractivity contribution >= 4 is 99.2 Å². The summed E-state index contributed by atoms with van der Waals surface area (Å²) in [6, 6.07) is 12.3. The molecule has 2 unspecified atom stereocenters. The summed E-state index contributed by atoms with van der Waals surface area (Å²) in [6.45, 7) is 3.31. The van der Waals surface area contributed by atoms with E-state index in [-0.39, 0.29) is 63.3 Å². The van der Waals surface area contributed by atoms with Gasteiger partial charge in [0.1, 0.15) is 33.9 Å². The number of hydrogen-bond donors (Lipinski definition) is 8. The third-order valence-electron chi connectivity index (χ3n) is 7.53. The van der Waals surface area contributed by atoms with E-state index in [0.717, 1.165) is 7.11 Å². The Morgan fingerprint density at radius 1 is 0.698 bits per heavy atom. The summed E-state index contributed by atoms with van der Waals surface area (Å²) in [6.07, 6.45) is 0.740. The first kappa shape index (κ1) is 49.3. The highest BCUT2D eigenvalue weighted by Gasteiger charge is 2.24. The van der Waals surface area contributed by atoms with Gasteiger partial charge in [-0.15, -0.1) is 5.11 Å². The number of rotatable bonds is 12. The minimum absolute atomic E-state index is 0.0242. The van der Waals surface area contributed by atoms with Crippen LogP contribution in [-0.2, 0) is 53.6 Å². The molecule has 2 aromatic heterocycles. The zero-order chi connectivity index (χ0) is 46.8. The predicted molar refractivity (Wildman–Crippen MR) is 227 cm³/mol. The molecule has 0 spiro atoms. The summed E-state index contributed by atoms with van der Waals surface area (Å²) < 4.78 is 106. The van der Waals surface area contributed by atoms with Crippen LogP contribution in [0.15, 0.2) is 73.9 Å². The number of phenols is 2. The summed E-state index contributed by atoms with van der Waals surface area (Å²) >= 11 is -4.76. The lowest BCUT2D eigenvalue weighted by Gasteiger charge is -2.14. The van der Waals surface area contributed by atoms with Gasteiger partial charge in [-0.3, -0.25) is 22.4 Å². The molecule has 63 heavy (non-hydrogen) atoms. The van der Waals surface area contributed by atoms with Crippen LogP contribution in [-0.4, -0.2) is 111 Å². The fourth-order valence-electron chi connectivity index (χ4n) is 5.46. The second kappa shape index (κ2) is 21.1. The zero-order valence-electron chi connectivity index (χ0n) is 33.4. The molecule has 2 heterocycles. The van der Waals surface area contributed by atoms with Crippen molar-refractivity contribution in [3.05, 3.63) is 71.8 Å². The minimum Gasteiger partial charge on any atom is -0.505 e. The Bertz CT molecular complexity index is 3010. The first-order valence-electron chi connectivity index (χ1n) is 17.0. The lowest BCUT2D eigenvalue weighted by atomic mass is 10.1. The first-order valence-corrected chi connectivity index (χ1v) is 22.4. The van der Waals surface area contributed by atoms with Crippen molar-refractivity contribution in [1.82, 2.24) is 29.9 Å². The number of phenolic OH excluding ortho intramolecular Hbond substituents is 2. The van der Waals surface area contributed by atoms with Crippen molar-refractivity contribution in [3.63, 3.8) is 0 Å². The summed E-state index contributed by atoms with van der Waals surface area (Å²) in [7, 11) is -4.62. The molecule has 0 saturated carbocycles. The molecule has 26 nitrogen and oxygen atoms in total. The Morgan fingerprint density at radius 3 is 1.54 bits per heavy atom. The van der Waals surface area contributed by atoms with E-state index in [1.54, 1.807) is 50.2 Å². The van der Waals surface area contributed by atoms with Crippen LogP contribution < -0.4 is 14.8 Å². The topological polar surface area (TPSA) is 393 Å². The smallest absolute Gasteiger partial charge is 0.357 e. The van der Waals surface area contributed by atoms with Gasteiger partial charge < -0.3 is 25.0 Å². The molecule has 0 radical (unpaired) electrons. The van der Waals surface area contributed by atoms with E-state index in [2.05, 4.69) is 65.2 Å². The molecule has 0 fully saturated rings. The largest absolute Gasteiger partial charge is 0.505 e. The highest BCUT2D eigenvalue weighted by atomic mass is 32.2. The summed E-state index contributed by atoms with van der Waals surface area (Å²) in [5.74, 6) is 0.357. The summed E-state index contributed by atoms with van der Waals surface area (Å²) in [4.78, 5) is 26.0. The van der Waals surface area contributed by atoms with E-state index in [9.17, 15) is 44.6 Å². The van der Waals surface area contributed by atoms with Crippen LogP contribution in [0.2, 0.25) is 0 Å². The van der Waals surface area contributed by atoms with Crippen LogP contribution in [0, 0.1) is 13.8 Å². The van der Waals surface area contributed by atoms with Crippen molar-refractivity contribution in [2.45, 2.75) is 25.2 Å². The number of hydrogen-bond acceptors (Lipinski definition) is 22. The van der Waals surface area contributed by atoms with E-state index < -0.39 is 59.3 Å². The maximum absolute atomic E-state index is 12.0. The zero-order valence-corrected chi connectivity index (χ0v) is 36.6. The van der Waals surface area contributed by atoms with Crippen LogP contribution in [0.5, 0.6) is 17.2 Å². The SMILES string of the molecule is CN=Nc1c(OS(=O)O)cc2cccc(Nc3nc(C)nc(Cc4nc(C)nc(Nc5cccc6cc(S(=O)(=O)O)c(N=NC)c(O)c56)n4)n3)c2c1O.COS(=O)O.CS(=O)(=O)O. The van der Waals surface area contributed by atoms with Gasteiger partial charge in [-0.25, -0.2) is 9.97 Å². The molecular formula is C33H36N12O14S4. The third-order valence-corrected chi connectivity index (χ3v) is 9.01. The highest BCUT2D eigenvalue weighted by Crippen LogP contribution is 2.47. The van der Waals surface area contributed by atoms with Crippen molar-refractivity contribution in [2.75, 3.05) is 38.1 Å². The molecule has 0 aliphatic rings. The molecule has 8 N–H and O–H groups in total. The van der Waals surface area contributed by atoms with Crippen LogP contribution >= 0.6 is 0 Å². The van der Waals surface area contributed by atoms with Crippen LogP contribution in [0.4, 0.5) is 34.6 Å². The maximum Gasteiger partial charge on any atom is 0.357 e. The normalized spacial score (nSPS) is 12.7. The van der Waals surface area contributed by atoms with Crippen LogP contribution in [0.3, 0.4) is 0 Å². The molecule has 6 aromatic rings. The molecule has 4 aromatic carbocycles. The first-order chi connectivity index (χ1) is 29.5. The maximum atomic E-state index is 12.0. The molecule has 0 saturated heterocycles. The number of aromatic hydroxyl groups is 2. The van der Waals surface area contributed by atoms with E-state index in [0.29, 0.717) is 34.7 Å². The molecule has 2 atom stereocenters. The van der Waals surface area contributed by atoms with Gasteiger partial charge in [0.05, 0.1) is 31.2 Å². The Morgan fingerprint density at radius 2 is 1.13 bits per heavy atom. The standard InChI is InChI=1S/C31H28N12O8S2.2CH4O3S/c1-14-34-22(40-30(36-14)38-18-9-5-7-16-11-20(51-52(46)47)26(42-32-3)28(44)24(16)18)13-23-35-15(2)37-31(41-23)39-19-10-6-8-17-12-21(53(48,49)50)27(43-33-4)29(45)25(17)19;1-5(2,3)4;1-4-5(2)3/h5-12,44-45H,13H2,1-4H3,(H,46,47)(H,48,49,50)(H,34,36,38,40)(H,35,37,39,41);1H3,(H,2,3,4);1H3,(H,2,3). The molecule has 336 valence electrons. The number of azo groups is 2. The van der Waals surface area contributed by atoms with Crippen LogP contribution in [0.25, 0.3) is 21.5 Å². The number of nitrogens with one attached hydrogen (secondary N) is 2. The minimum atomic E-state index is -4.76. The fraction of sp³-hybridized carbons (Fsp3) is 0.212. The number of aromatic nitrogens is 6. The Labute approximate surface area is 362 Å². The van der Waals surface area contributed by atoms with Crippen molar-refractivity contribution in [2.24, 2.45) is 20.5 Å². The van der Waals surface area contributed by atoms with Crippen molar-refractivity contribution < 1.29 is 62.0 Å². The molecular weight excluding hydrogens is 917 g/mol. The molecule has 0 aliphatic carbocycles. The molecule has 0 bridgehead atoms. The fourth-order valence-corrected chi connectivity index (χ4v) is 6.40. The Kier molecular flexibility index (Phi) is 16.5. The van der Waals surface area contributed by atoms with Gasteiger partial charge in [0, 0.05) is 24.9 Å². The summed E-state index contributed by atoms with van der Waals surface area (Å²) in [5, 5.41) is 44.4. The predicted octanol–water partition coefficient (Wildman–Crippen LogP) is 4.93. The quantitative estimate of drug-likeness (QED) is 0.0458. The van der Waals surface area contributed by atoms with Gasteiger partial charge >= 0.3 is 22.7 Å². The van der Waals surface area contributed by atoms with Gasteiger partial charge in [-0.05, 0) is 48.9 Å². The van der Waals surface area contributed by atoms with Gasteiger partial charge in [-0.1, -0.05) is 24.3 Å². The molecule has 0 aliphatic heterocycles.